The van der Waals surface area contributed by atoms with Crippen LogP contribution in [0.4, 0.5) is 5.69 Å². The van der Waals surface area contributed by atoms with E-state index in [9.17, 15) is 4.79 Å². The maximum absolute atomic E-state index is 11.8. The molecule has 0 aromatic heterocycles. The van der Waals surface area contributed by atoms with Crippen LogP contribution in [0, 0.1) is 0 Å². The standard InChI is InChI=1S/C17H20N2O/c1-13(2)19-17(20)15-8-10-16(11-9-15)18-12-14-6-4-3-5-7-14/h3-11,13,18H,12H2,1-2H3,(H,19,20). The Morgan fingerprint density at radius 2 is 1.65 bits per heavy atom. The third-order valence-corrected chi connectivity index (χ3v) is 2.91. The Morgan fingerprint density at radius 1 is 1.00 bits per heavy atom. The van der Waals surface area contributed by atoms with Crippen molar-refractivity contribution in [2.75, 3.05) is 5.32 Å². The van der Waals surface area contributed by atoms with Gasteiger partial charge in [-0.05, 0) is 43.7 Å². The zero-order chi connectivity index (χ0) is 14.4. The Labute approximate surface area is 120 Å². The largest absolute Gasteiger partial charge is 0.381 e. The molecule has 2 aromatic carbocycles. The van der Waals surface area contributed by atoms with Gasteiger partial charge in [-0.15, -0.1) is 0 Å². The Morgan fingerprint density at radius 3 is 2.25 bits per heavy atom. The molecule has 20 heavy (non-hydrogen) atoms. The molecule has 0 saturated carbocycles. The van der Waals surface area contributed by atoms with Gasteiger partial charge < -0.3 is 10.6 Å². The van der Waals surface area contributed by atoms with Crippen molar-refractivity contribution >= 4 is 11.6 Å². The molecule has 3 heteroatoms. The maximum atomic E-state index is 11.8. The molecule has 0 heterocycles. The first kappa shape index (κ1) is 14.1. The van der Waals surface area contributed by atoms with Gasteiger partial charge in [-0.25, -0.2) is 0 Å². The van der Waals surface area contributed by atoms with E-state index in [1.54, 1.807) is 0 Å². The number of hydrogen-bond acceptors (Lipinski definition) is 2. The summed E-state index contributed by atoms with van der Waals surface area (Å²) in [5.41, 5.74) is 2.92. The SMILES string of the molecule is CC(C)NC(=O)c1ccc(NCc2ccccc2)cc1. The zero-order valence-corrected chi connectivity index (χ0v) is 11.9. The lowest BCUT2D eigenvalue weighted by molar-refractivity contribution is 0.0943. The number of rotatable bonds is 5. The van der Waals surface area contributed by atoms with Crippen LogP contribution >= 0.6 is 0 Å². The van der Waals surface area contributed by atoms with Gasteiger partial charge in [0.15, 0.2) is 0 Å². The van der Waals surface area contributed by atoms with Crippen molar-refractivity contribution in [3.05, 3.63) is 65.7 Å². The first-order valence-corrected chi connectivity index (χ1v) is 6.84. The van der Waals surface area contributed by atoms with Crippen molar-refractivity contribution in [2.45, 2.75) is 26.4 Å². The van der Waals surface area contributed by atoms with Crippen molar-refractivity contribution in [1.29, 1.82) is 0 Å². The molecule has 0 unspecified atom stereocenters. The number of hydrogen-bond donors (Lipinski definition) is 2. The lowest BCUT2D eigenvalue weighted by Crippen LogP contribution is -2.29. The van der Waals surface area contributed by atoms with E-state index in [0.29, 0.717) is 5.56 Å². The summed E-state index contributed by atoms with van der Waals surface area (Å²) in [6.45, 7) is 4.68. The van der Waals surface area contributed by atoms with Crippen LogP contribution in [0.2, 0.25) is 0 Å². The predicted molar refractivity (Wildman–Crippen MR) is 82.8 cm³/mol. The van der Waals surface area contributed by atoms with Crippen molar-refractivity contribution in [2.24, 2.45) is 0 Å². The first-order valence-electron chi connectivity index (χ1n) is 6.84. The van der Waals surface area contributed by atoms with Gasteiger partial charge in [-0.3, -0.25) is 4.79 Å². The molecular formula is C17H20N2O. The number of carbonyl (C=O) groups excluding carboxylic acids is 1. The third kappa shape index (κ3) is 4.12. The molecule has 1 amide bonds. The number of anilines is 1. The topological polar surface area (TPSA) is 41.1 Å². The van der Waals surface area contributed by atoms with Gasteiger partial charge in [0.05, 0.1) is 0 Å². The van der Waals surface area contributed by atoms with Crippen LogP contribution in [0.3, 0.4) is 0 Å². The normalized spacial score (nSPS) is 10.3. The van der Waals surface area contributed by atoms with Crippen LogP contribution < -0.4 is 10.6 Å². The van der Waals surface area contributed by atoms with Gasteiger partial charge in [0, 0.05) is 23.8 Å². The molecule has 0 aliphatic carbocycles. The minimum atomic E-state index is -0.0328. The maximum Gasteiger partial charge on any atom is 0.251 e. The second-order valence-electron chi connectivity index (χ2n) is 5.04. The van der Waals surface area contributed by atoms with E-state index < -0.39 is 0 Å². The third-order valence-electron chi connectivity index (χ3n) is 2.91. The van der Waals surface area contributed by atoms with Gasteiger partial charge in [0.1, 0.15) is 0 Å². The van der Waals surface area contributed by atoms with E-state index in [-0.39, 0.29) is 11.9 Å². The highest BCUT2D eigenvalue weighted by molar-refractivity contribution is 5.94. The Bertz CT molecular complexity index is 547. The molecule has 0 aliphatic rings. The van der Waals surface area contributed by atoms with Crippen molar-refractivity contribution < 1.29 is 4.79 Å². The predicted octanol–water partition coefficient (Wildman–Crippen LogP) is 3.44. The quantitative estimate of drug-likeness (QED) is 0.872. The lowest BCUT2D eigenvalue weighted by atomic mass is 10.1. The van der Waals surface area contributed by atoms with Crippen LogP contribution in [0.1, 0.15) is 29.8 Å². The molecule has 2 rings (SSSR count). The highest BCUT2D eigenvalue weighted by Gasteiger charge is 2.06. The Balaban J connectivity index is 1.93. The molecule has 0 fully saturated rings. The van der Waals surface area contributed by atoms with Crippen LogP contribution in [0.25, 0.3) is 0 Å². The van der Waals surface area contributed by atoms with Crippen molar-refractivity contribution in [3.63, 3.8) is 0 Å². The fourth-order valence-electron chi connectivity index (χ4n) is 1.88. The Hall–Kier alpha value is -2.29. The van der Waals surface area contributed by atoms with E-state index in [0.717, 1.165) is 12.2 Å². The smallest absolute Gasteiger partial charge is 0.251 e. The second-order valence-corrected chi connectivity index (χ2v) is 5.04. The molecule has 2 N–H and O–H groups in total. The molecule has 0 aliphatic heterocycles. The van der Waals surface area contributed by atoms with Gasteiger partial charge in [0.25, 0.3) is 5.91 Å². The molecule has 3 nitrogen and oxygen atoms in total. The molecular weight excluding hydrogens is 248 g/mol. The summed E-state index contributed by atoms with van der Waals surface area (Å²) < 4.78 is 0. The second kappa shape index (κ2) is 6.75. The van der Waals surface area contributed by atoms with Crippen molar-refractivity contribution in [1.82, 2.24) is 5.32 Å². The van der Waals surface area contributed by atoms with E-state index >= 15 is 0 Å². The average molecular weight is 268 g/mol. The lowest BCUT2D eigenvalue weighted by Gasteiger charge is -2.10. The minimum Gasteiger partial charge on any atom is -0.381 e. The fourth-order valence-corrected chi connectivity index (χ4v) is 1.88. The summed E-state index contributed by atoms with van der Waals surface area (Å²) in [5.74, 6) is -0.0328. The van der Waals surface area contributed by atoms with Crippen LogP contribution in [-0.4, -0.2) is 11.9 Å². The van der Waals surface area contributed by atoms with Gasteiger partial charge in [-0.2, -0.15) is 0 Å². The van der Waals surface area contributed by atoms with Crippen LogP contribution in [0.15, 0.2) is 54.6 Å². The average Bonchev–Trinajstić information content (AvgIpc) is 2.46. The van der Waals surface area contributed by atoms with Crippen LogP contribution in [0.5, 0.6) is 0 Å². The monoisotopic (exact) mass is 268 g/mol. The Kier molecular flexibility index (Phi) is 4.77. The highest BCUT2D eigenvalue weighted by Crippen LogP contribution is 2.11. The summed E-state index contributed by atoms with van der Waals surface area (Å²) in [5, 5.41) is 6.21. The summed E-state index contributed by atoms with van der Waals surface area (Å²) in [6, 6.07) is 17.9. The highest BCUT2D eigenvalue weighted by atomic mass is 16.1. The van der Waals surface area contributed by atoms with Gasteiger partial charge in [0.2, 0.25) is 0 Å². The van der Waals surface area contributed by atoms with E-state index in [1.165, 1.54) is 5.56 Å². The minimum absolute atomic E-state index is 0.0328. The number of nitrogens with one attached hydrogen (secondary N) is 2. The summed E-state index contributed by atoms with van der Waals surface area (Å²) in [4.78, 5) is 11.8. The van der Waals surface area contributed by atoms with E-state index in [1.807, 2.05) is 56.3 Å². The van der Waals surface area contributed by atoms with E-state index in [4.69, 9.17) is 0 Å². The number of benzene rings is 2. The number of amides is 1. The van der Waals surface area contributed by atoms with Crippen LogP contribution in [-0.2, 0) is 6.54 Å². The van der Waals surface area contributed by atoms with Gasteiger partial charge in [-0.1, -0.05) is 30.3 Å². The van der Waals surface area contributed by atoms with E-state index in [2.05, 4.69) is 22.8 Å². The molecule has 0 radical (unpaired) electrons. The summed E-state index contributed by atoms with van der Waals surface area (Å²) in [6.07, 6.45) is 0. The first-order chi connectivity index (χ1) is 9.65. The summed E-state index contributed by atoms with van der Waals surface area (Å²) in [7, 11) is 0. The molecule has 2 aromatic rings. The fraction of sp³-hybridized carbons (Fsp3) is 0.235. The summed E-state index contributed by atoms with van der Waals surface area (Å²) >= 11 is 0. The molecule has 0 bridgehead atoms. The zero-order valence-electron chi connectivity index (χ0n) is 11.9. The molecule has 104 valence electrons. The molecule has 0 atom stereocenters. The molecule has 0 spiro atoms. The number of carbonyl (C=O) groups is 1. The van der Waals surface area contributed by atoms with Crippen molar-refractivity contribution in [3.8, 4) is 0 Å². The molecule has 0 saturated heterocycles. The van der Waals surface area contributed by atoms with Gasteiger partial charge >= 0.3 is 0 Å².